The van der Waals surface area contributed by atoms with Gasteiger partial charge in [-0.25, -0.2) is 4.99 Å². The van der Waals surface area contributed by atoms with Gasteiger partial charge in [-0.3, -0.25) is 4.79 Å². The second-order valence-corrected chi connectivity index (χ2v) is 7.78. The molecule has 33 heavy (non-hydrogen) atoms. The summed E-state index contributed by atoms with van der Waals surface area (Å²) in [5.74, 6) is 1.54. The Kier molecular flexibility index (Phi) is 11.5. The molecule has 3 rings (SSSR count). The van der Waals surface area contributed by atoms with Gasteiger partial charge in [-0.2, -0.15) is 0 Å². The van der Waals surface area contributed by atoms with Crippen LogP contribution in [0.4, 0.5) is 5.69 Å². The Morgan fingerprint density at radius 3 is 2.76 bits per heavy atom. The van der Waals surface area contributed by atoms with Crippen LogP contribution in [0.25, 0.3) is 0 Å². The number of carbonyl (C=O) groups excluding carboxylic acids is 1. The number of nitrogens with zero attached hydrogens (tertiary/aromatic N) is 1. The Hall–Kier alpha value is -2.33. The van der Waals surface area contributed by atoms with Crippen molar-refractivity contribution in [3.63, 3.8) is 0 Å². The molecule has 1 heterocycles. The topological polar surface area (TPSA) is 84.0 Å². The summed E-state index contributed by atoms with van der Waals surface area (Å²) in [5, 5.41) is 9.61. The highest BCUT2D eigenvalue weighted by Gasteiger charge is 2.23. The maximum Gasteiger partial charge on any atom is 0.253 e. The van der Waals surface area contributed by atoms with E-state index in [4.69, 9.17) is 14.5 Å². The third-order valence-electron chi connectivity index (χ3n) is 5.15. The van der Waals surface area contributed by atoms with E-state index in [1.807, 2.05) is 38.1 Å². The third-order valence-corrected chi connectivity index (χ3v) is 5.15. The molecule has 0 bridgehead atoms. The minimum atomic E-state index is -0.343. The van der Waals surface area contributed by atoms with E-state index in [-0.39, 0.29) is 36.0 Å². The third kappa shape index (κ3) is 8.51. The van der Waals surface area contributed by atoms with Crippen molar-refractivity contribution in [3.8, 4) is 5.75 Å². The van der Waals surface area contributed by atoms with E-state index in [1.54, 1.807) is 0 Å². The zero-order valence-corrected chi connectivity index (χ0v) is 22.0. The Morgan fingerprint density at radius 1 is 1.18 bits per heavy atom. The number of halogens is 1. The van der Waals surface area contributed by atoms with E-state index in [0.29, 0.717) is 26.3 Å². The van der Waals surface area contributed by atoms with E-state index < -0.39 is 0 Å². The molecule has 0 spiro atoms. The van der Waals surface area contributed by atoms with Gasteiger partial charge in [-0.1, -0.05) is 24.3 Å². The lowest BCUT2D eigenvalue weighted by molar-refractivity contribution is -0.124. The van der Waals surface area contributed by atoms with Gasteiger partial charge in [0.1, 0.15) is 11.9 Å². The summed E-state index contributed by atoms with van der Waals surface area (Å²) >= 11 is 0. The minimum Gasteiger partial charge on any atom is -0.494 e. The number of aliphatic imine (C=N–C) groups is 1. The number of nitrogens with one attached hydrogen (secondary N) is 3. The molecule has 0 aliphatic carbocycles. The number of rotatable bonds is 9. The van der Waals surface area contributed by atoms with Crippen LogP contribution in [-0.2, 0) is 22.6 Å². The first-order chi connectivity index (χ1) is 15.6. The highest BCUT2D eigenvalue weighted by molar-refractivity contribution is 14.0. The van der Waals surface area contributed by atoms with Gasteiger partial charge in [0.25, 0.3) is 5.91 Å². The monoisotopic (exact) mass is 566 g/mol. The quantitative estimate of drug-likeness (QED) is 0.239. The summed E-state index contributed by atoms with van der Waals surface area (Å²) < 4.78 is 11.2. The van der Waals surface area contributed by atoms with Crippen molar-refractivity contribution in [3.05, 3.63) is 59.2 Å². The maximum absolute atomic E-state index is 12.3. The number of ether oxygens (including phenoxy) is 2. The number of amides is 1. The van der Waals surface area contributed by atoms with Gasteiger partial charge >= 0.3 is 0 Å². The fraction of sp³-hybridized carbons (Fsp3) is 0.440. The van der Waals surface area contributed by atoms with Gasteiger partial charge in [0.15, 0.2) is 5.96 Å². The van der Waals surface area contributed by atoms with Crippen molar-refractivity contribution < 1.29 is 14.3 Å². The molecular weight excluding hydrogens is 531 g/mol. The lowest BCUT2D eigenvalue weighted by Gasteiger charge is -2.15. The number of guanidine groups is 1. The van der Waals surface area contributed by atoms with Crippen LogP contribution in [0, 0.1) is 6.92 Å². The van der Waals surface area contributed by atoms with Crippen molar-refractivity contribution in [2.75, 3.05) is 25.1 Å². The van der Waals surface area contributed by atoms with Crippen molar-refractivity contribution in [1.29, 1.82) is 0 Å². The van der Waals surface area contributed by atoms with Gasteiger partial charge in [-0.15, -0.1) is 24.0 Å². The second kappa shape index (κ2) is 14.0. The summed E-state index contributed by atoms with van der Waals surface area (Å²) in [6.45, 7) is 9.23. The van der Waals surface area contributed by atoms with Gasteiger partial charge in [-0.05, 0) is 62.9 Å². The van der Waals surface area contributed by atoms with Crippen molar-refractivity contribution in [1.82, 2.24) is 10.6 Å². The molecule has 0 aromatic heterocycles. The molecule has 1 saturated heterocycles. The molecule has 1 amide bonds. The Morgan fingerprint density at radius 2 is 2.03 bits per heavy atom. The average molecular weight is 566 g/mol. The first-order valence-corrected chi connectivity index (χ1v) is 11.3. The molecule has 2 aromatic rings. The van der Waals surface area contributed by atoms with Crippen LogP contribution in [0.2, 0.25) is 0 Å². The van der Waals surface area contributed by atoms with Crippen LogP contribution in [0.3, 0.4) is 0 Å². The standard InChI is InChI=1S/C25H34N4O3.HI/c1-4-26-25(28-17-20-12-11-18(3)14-23(20)31-5-2)27-16-19-8-6-9-21(15-19)29-24(30)22-10-7-13-32-22;/h6,8-9,11-12,14-15,22H,4-5,7,10,13,16-17H2,1-3H3,(H,29,30)(H2,26,27,28);1H. The van der Waals surface area contributed by atoms with Crippen LogP contribution in [0.1, 0.15) is 43.4 Å². The van der Waals surface area contributed by atoms with Crippen LogP contribution in [-0.4, -0.2) is 37.7 Å². The smallest absolute Gasteiger partial charge is 0.253 e. The molecule has 1 aliphatic rings. The molecule has 7 nitrogen and oxygen atoms in total. The lowest BCUT2D eigenvalue weighted by atomic mass is 10.1. The number of aryl methyl sites for hydroxylation is 1. The average Bonchev–Trinajstić information content (AvgIpc) is 3.32. The van der Waals surface area contributed by atoms with Gasteiger partial charge in [0, 0.05) is 30.9 Å². The van der Waals surface area contributed by atoms with E-state index in [0.717, 1.165) is 47.9 Å². The van der Waals surface area contributed by atoms with Crippen molar-refractivity contribution in [2.45, 2.75) is 52.8 Å². The zero-order chi connectivity index (χ0) is 22.8. The molecule has 0 saturated carbocycles. The number of hydrogen-bond donors (Lipinski definition) is 3. The number of anilines is 1. The molecule has 1 aliphatic heterocycles. The predicted octanol–water partition coefficient (Wildman–Crippen LogP) is 4.38. The van der Waals surface area contributed by atoms with Crippen LogP contribution < -0.4 is 20.7 Å². The maximum atomic E-state index is 12.3. The lowest BCUT2D eigenvalue weighted by Crippen LogP contribution is -2.36. The van der Waals surface area contributed by atoms with Crippen molar-refractivity contribution in [2.24, 2.45) is 4.99 Å². The molecule has 1 atom stereocenters. The molecule has 0 radical (unpaired) electrons. The fourth-order valence-electron chi connectivity index (χ4n) is 3.54. The first-order valence-electron chi connectivity index (χ1n) is 11.3. The van der Waals surface area contributed by atoms with E-state index in [1.165, 1.54) is 5.56 Å². The minimum absolute atomic E-state index is 0. The summed E-state index contributed by atoms with van der Waals surface area (Å²) in [5.41, 5.74) is 4.03. The van der Waals surface area contributed by atoms with Crippen LogP contribution in [0.15, 0.2) is 47.5 Å². The molecule has 180 valence electrons. The molecule has 1 unspecified atom stereocenters. The summed E-state index contributed by atoms with van der Waals surface area (Å²) in [6.07, 6.45) is 1.37. The first kappa shape index (κ1) is 26.9. The van der Waals surface area contributed by atoms with Gasteiger partial charge in [0.05, 0.1) is 13.2 Å². The zero-order valence-electron chi connectivity index (χ0n) is 19.6. The normalized spacial score (nSPS) is 15.5. The number of hydrogen-bond acceptors (Lipinski definition) is 4. The highest BCUT2D eigenvalue weighted by Crippen LogP contribution is 2.20. The Bertz CT molecular complexity index is 930. The second-order valence-electron chi connectivity index (χ2n) is 7.78. The molecule has 2 aromatic carbocycles. The summed E-state index contributed by atoms with van der Waals surface area (Å²) in [4.78, 5) is 17.0. The number of benzene rings is 2. The van der Waals surface area contributed by atoms with Crippen LogP contribution >= 0.6 is 24.0 Å². The largest absolute Gasteiger partial charge is 0.494 e. The summed E-state index contributed by atoms with van der Waals surface area (Å²) in [7, 11) is 0. The Balaban J connectivity index is 0.00000385. The van der Waals surface area contributed by atoms with Gasteiger partial charge in [0.2, 0.25) is 0 Å². The summed E-state index contributed by atoms with van der Waals surface area (Å²) in [6, 6.07) is 14.0. The van der Waals surface area contributed by atoms with Crippen LogP contribution in [0.5, 0.6) is 5.75 Å². The SMILES string of the molecule is CCNC(=NCc1cccc(NC(=O)C2CCCO2)c1)NCc1ccc(C)cc1OCC.I. The van der Waals surface area contributed by atoms with Gasteiger partial charge < -0.3 is 25.4 Å². The van der Waals surface area contributed by atoms with E-state index >= 15 is 0 Å². The fourth-order valence-corrected chi connectivity index (χ4v) is 3.54. The molecule has 1 fully saturated rings. The predicted molar refractivity (Wildman–Crippen MR) is 143 cm³/mol. The van der Waals surface area contributed by atoms with E-state index in [9.17, 15) is 4.79 Å². The Labute approximate surface area is 213 Å². The molecule has 3 N–H and O–H groups in total. The van der Waals surface area contributed by atoms with Crippen molar-refractivity contribution >= 4 is 41.5 Å². The molecular formula is C25H35IN4O3. The number of carbonyl (C=O) groups is 1. The van der Waals surface area contributed by atoms with E-state index in [2.05, 4.69) is 41.1 Å². The highest BCUT2D eigenvalue weighted by atomic mass is 127. The molecule has 8 heteroatoms.